The summed E-state index contributed by atoms with van der Waals surface area (Å²) in [4.78, 5) is 0. The van der Waals surface area contributed by atoms with Crippen LogP contribution in [0.1, 0.15) is 32.4 Å². The van der Waals surface area contributed by atoms with Crippen LogP contribution < -0.4 is 10.1 Å². The molecule has 2 rings (SSSR count). The fraction of sp³-hybridized carbons (Fsp3) is 0.294. The van der Waals surface area contributed by atoms with E-state index in [-0.39, 0.29) is 18.0 Å². The molecule has 4 heteroatoms. The van der Waals surface area contributed by atoms with E-state index in [0.717, 1.165) is 17.0 Å². The highest BCUT2D eigenvalue weighted by atomic mass is 35.5. The van der Waals surface area contributed by atoms with Gasteiger partial charge in [0.05, 0.1) is 6.10 Å². The minimum atomic E-state index is -0.328. The molecule has 2 aromatic carbocycles. The van der Waals surface area contributed by atoms with Gasteiger partial charge >= 0.3 is 0 Å². The average Bonchev–Trinajstić information content (AvgIpc) is 2.40. The first-order valence-corrected chi connectivity index (χ1v) is 7.31. The molecule has 2 nitrogen and oxygen atoms in total. The van der Waals surface area contributed by atoms with Crippen molar-refractivity contribution in [3.8, 4) is 5.75 Å². The van der Waals surface area contributed by atoms with Crippen LogP contribution in [-0.2, 0) is 0 Å². The second-order valence-corrected chi connectivity index (χ2v) is 5.63. The van der Waals surface area contributed by atoms with Crippen molar-refractivity contribution in [3.05, 3.63) is 58.9 Å². The van der Waals surface area contributed by atoms with E-state index in [2.05, 4.69) is 5.32 Å². The summed E-state index contributed by atoms with van der Waals surface area (Å²) in [5.41, 5.74) is 1.82. The van der Waals surface area contributed by atoms with E-state index < -0.39 is 0 Å². The topological polar surface area (TPSA) is 21.3 Å². The Morgan fingerprint density at radius 1 is 1.05 bits per heavy atom. The summed E-state index contributed by atoms with van der Waals surface area (Å²) in [6.07, 6.45) is 0.153. The maximum atomic E-state index is 13.1. The third-order valence-electron chi connectivity index (χ3n) is 3.04. The lowest BCUT2D eigenvalue weighted by Crippen LogP contribution is -2.08. The number of rotatable bonds is 5. The Morgan fingerprint density at radius 3 is 2.29 bits per heavy atom. The number of benzene rings is 2. The highest BCUT2D eigenvalue weighted by Gasteiger charge is 2.10. The van der Waals surface area contributed by atoms with Crippen molar-refractivity contribution in [1.29, 1.82) is 0 Å². The van der Waals surface area contributed by atoms with E-state index in [4.69, 9.17) is 16.3 Å². The minimum absolute atomic E-state index is 0.0185. The molecule has 2 aromatic rings. The van der Waals surface area contributed by atoms with Gasteiger partial charge in [0.1, 0.15) is 11.6 Å². The lowest BCUT2D eigenvalue weighted by molar-refractivity contribution is 0.242. The normalized spacial score (nSPS) is 12.3. The summed E-state index contributed by atoms with van der Waals surface area (Å²) in [6.45, 7) is 5.97. The van der Waals surface area contributed by atoms with Crippen molar-refractivity contribution >= 4 is 17.3 Å². The maximum absolute atomic E-state index is 13.1. The van der Waals surface area contributed by atoms with Gasteiger partial charge in [-0.05, 0) is 62.7 Å². The average molecular weight is 308 g/mol. The van der Waals surface area contributed by atoms with Gasteiger partial charge in [-0.3, -0.25) is 0 Å². The van der Waals surface area contributed by atoms with E-state index in [1.54, 1.807) is 6.07 Å². The number of halogens is 2. The van der Waals surface area contributed by atoms with E-state index in [1.807, 2.05) is 45.0 Å². The van der Waals surface area contributed by atoms with Gasteiger partial charge in [-0.15, -0.1) is 0 Å². The van der Waals surface area contributed by atoms with Crippen LogP contribution in [0.4, 0.5) is 10.1 Å². The maximum Gasteiger partial charge on any atom is 0.124 e. The molecule has 0 bridgehead atoms. The number of hydrogen-bond donors (Lipinski definition) is 1. The van der Waals surface area contributed by atoms with Gasteiger partial charge in [0.15, 0.2) is 0 Å². The molecule has 1 N–H and O–H groups in total. The largest absolute Gasteiger partial charge is 0.491 e. The Bertz CT molecular complexity index is 598. The molecule has 0 aliphatic rings. The number of nitrogens with one attached hydrogen (secondary N) is 1. The first-order valence-electron chi connectivity index (χ1n) is 6.94. The first-order chi connectivity index (χ1) is 9.95. The molecule has 1 atom stereocenters. The molecule has 0 amide bonds. The van der Waals surface area contributed by atoms with E-state index in [1.165, 1.54) is 12.1 Å². The van der Waals surface area contributed by atoms with Crippen LogP contribution in [0.3, 0.4) is 0 Å². The van der Waals surface area contributed by atoms with Crippen LogP contribution in [0.2, 0.25) is 5.02 Å². The van der Waals surface area contributed by atoms with Crippen LogP contribution in [0.15, 0.2) is 42.5 Å². The summed E-state index contributed by atoms with van der Waals surface area (Å²) in [7, 11) is 0. The van der Waals surface area contributed by atoms with Gasteiger partial charge in [-0.25, -0.2) is 4.39 Å². The molecule has 0 aliphatic carbocycles. The van der Waals surface area contributed by atoms with Gasteiger partial charge in [0.2, 0.25) is 0 Å². The van der Waals surface area contributed by atoms with Gasteiger partial charge in [0, 0.05) is 16.8 Å². The van der Waals surface area contributed by atoms with Gasteiger partial charge < -0.3 is 10.1 Å². The third-order valence-corrected chi connectivity index (χ3v) is 3.37. The molecule has 0 heterocycles. The second-order valence-electron chi connectivity index (χ2n) is 5.22. The Kier molecular flexibility index (Phi) is 5.07. The van der Waals surface area contributed by atoms with Crippen LogP contribution in [0.25, 0.3) is 0 Å². The zero-order valence-electron chi connectivity index (χ0n) is 12.4. The van der Waals surface area contributed by atoms with E-state index >= 15 is 0 Å². The fourth-order valence-electron chi connectivity index (χ4n) is 2.08. The zero-order valence-corrected chi connectivity index (χ0v) is 13.1. The van der Waals surface area contributed by atoms with Crippen LogP contribution in [0, 0.1) is 5.82 Å². The second kappa shape index (κ2) is 6.81. The quantitative estimate of drug-likeness (QED) is 0.794. The Hall–Kier alpha value is -1.74. The number of anilines is 1. The molecule has 0 spiro atoms. The van der Waals surface area contributed by atoms with Crippen LogP contribution >= 0.6 is 11.6 Å². The lowest BCUT2D eigenvalue weighted by Gasteiger charge is -2.17. The first kappa shape index (κ1) is 15.6. The van der Waals surface area contributed by atoms with Crippen molar-refractivity contribution in [2.24, 2.45) is 0 Å². The van der Waals surface area contributed by atoms with Crippen LogP contribution in [0.5, 0.6) is 5.75 Å². The predicted octanol–water partition coefficient (Wildman–Crippen LogP) is 5.44. The van der Waals surface area contributed by atoms with Crippen molar-refractivity contribution in [2.75, 3.05) is 5.32 Å². The predicted molar refractivity (Wildman–Crippen MR) is 85.7 cm³/mol. The van der Waals surface area contributed by atoms with Gasteiger partial charge in [0.25, 0.3) is 0 Å². The summed E-state index contributed by atoms with van der Waals surface area (Å²) >= 11 is 6.07. The lowest BCUT2D eigenvalue weighted by atomic mass is 10.1. The fourth-order valence-corrected chi connectivity index (χ4v) is 2.41. The van der Waals surface area contributed by atoms with E-state index in [9.17, 15) is 4.39 Å². The molecule has 0 saturated carbocycles. The van der Waals surface area contributed by atoms with Gasteiger partial charge in [-0.1, -0.05) is 17.7 Å². The number of ether oxygens (including phenoxy) is 1. The molecule has 0 aromatic heterocycles. The molecule has 0 saturated heterocycles. The Morgan fingerprint density at radius 2 is 1.71 bits per heavy atom. The van der Waals surface area contributed by atoms with E-state index in [0.29, 0.717) is 5.02 Å². The Balaban J connectivity index is 2.06. The molecule has 21 heavy (non-hydrogen) atoms. The summed E-state index contributed by atoms with van der Waals surface area (Å²) in [6, 6.07) is 12.2. The summed E-state index contributed by atoms with van der Waals surface area (Å²) in [5, 5.41) is 3.76. The van der Waals surface area contributed by atoms with Crippen molar-refractivity contribution in [3.63, 3.8) is 0 Å². The summed E-state index contributed by atoms with van der Waals surface area (Å²) in [5.74, 6) is 0.508. The zero-order chi connectivity index (χ0) is 15.4. The minimum Gasteiger partial charge on any atom is -0.491 e. The Labute approximate surface area is 129 Å². The van der Waals surface area contributed by atoms with Gasteiger partial charge in [-0.2, -0.15) is 0 Å². The molecule has 0 fully saturated rings. The summed E-state index contributed by atoms with van der Waals surface area (Å²) < 4.78 is 18.7. The molecular weight excluding hydrogens is 289 g/mol. The number of hydrogen-bond acceptors (Lipinski definition) is 2. The molecule has 1 unspecified atom stereocenters. The third kappa shape index (κ3) is 4.36. The molecule has 0 aliphatic heterocycles. The molecular formula is C17H19ClFNO. The highest BCUT2D eigenvalue weighted by Crippen LogP contribution is 2.27. The monoisotopic (exact) mass is 307 g/mol. The smallest absolute Gasteiger partial charge is 0.124 e. The van der Waals surface area contributed by atoms with Crippen molar-refractivity contribution in [2.45, 2.75) is 32.9 Å². The van der Waals surface area contributed by atoms with Crippen molar-refractivity contribution in [1.82, 2.24) is 0 Å². The molecule has 0 radical (unpaired) electrons. The van der Waals surface area contributed by atoms with Crippen molar-refractivity contribution < 1.29 is 9.13 Å². The SMILES string of the molecule is CC(C)Oc1ccc(NC(C)c2ccc(F)cc2Cl)cc1. The van der Waals surface area contributed by atoms with Crippen LogP contribution in [-0.4, -0.2) is 6.10 Å². The highest BCUT2D eigenvalue weighted by molar-refractivity contribution is 6.31. The molecule has 112 valence electrons. The standard InChI is InChI=1S/C17H19ClFNO/c1-11(2)21-15-7-5-14(6-8-15)20-12(3)16-9-4-13(19)10-17(16)18/h4-12,20H,1-3H3.